The highest BCUT2D eigenvalue weighted by Crippen LogP contribution is 2.28. The number of carbonyl (C=O) groups excluding carboxylic acids is 2. The van der Waals surface area contributed by atoms with Gasteiger partial charge in [0.1, 0.15) is 0 Å². The Morgan fingerprint density at radius 3 is 2.76 bits per heavy atom. The van der Waals surface area contributed by atoms with E-state index in [4.69, 9.17) is 5.73 Å². The number of nitrogens with two attached hydrogens (primary N) is 1. The van der Waals surface area contributed by atoms with Crippen molar-refractivity contribution in [2.75, 3.05) is 32.7 Å². The molecule has 0 aromatic carbocycles. The van der Waals surface area contributed by atoms with Crippen LogP contribution in [0.25, 0.3) is 0 Å². The van der Waals surface area contributed by atoms with E-state index in [2.05, 4.69) is 6.92 Å². The Kier molecular flexibility index (Phi) is 3.38. The summed E-state index contributed by atoms with van der Waals surface area (Å²) in [7, 11) is 0. The molecular formula is C12H21N3O2. The van der Waals surface area contributed by atoms with Crippen molar-refractivity contribution in [1.82, 2.24) is 9.80 Å². The van der Waals surface area contributed by atoms with E-state index in [1.807, 2.05) is 4.90 Å². The van der Waals surface area contributed by atoms with Gasteiger partial charge in [0, 0.05) is 26.1 Å². The molecule has 5 heteroatoms. The average Bonchev–Trinajstić information content (AvgIpc) is 2.87. The molecular weight excluding hydrogens is 218 g/mol. The van der Waals surface area contributed by atoms with Gasteiger partial charge in [0.2, 0.25) is 11.8 Å². The van der Waals surface area contributed by atoms with Crippen molar-refractivity contribution in [2.24, 2.45) is 11.1 Å². The van der Waals surface area contributed by atoms with Crippen LogP contribution in [-0.2, 0) is 9.59 Å². The molecule has 0 bridgehead atoms. The minimum atomic E-state index is 0.0602. The molecule has 2 rings (SSSR count). The third-order valence-corrected chi connectivity index (χ3v) is 3.90. The average molecular weight is 239 g/mol. The van der Waals surface area contributed by atoms with Gasteiger partial charge < -0.3 is 15.5 Å². The van der Waals surface area contributed by atoms with Crippen LogP contribution in [0.2, 0.25) is 0 Å². The van der Waals surface area contributed by atoms with Gasteiger partial charge >= 0.3 is 0 Å². The van der Waals surface area contributed by atoms with Crippen molar-refractivity contribution in [3.8, 4) is 0 Å². The Labute approximate surface area is 102 Å². The fourth-order valence-electron chi connectivity index (χ4n) is 2.54. The van der Waals surface area contributed by atoms with Crippen molar-refractivity contribution < 1.29 is 9.59 Å². The molecule has 0 radical (unpaired) electrons. The first-order valence-electron chi connectivity index (χ1n) is 6.30. The van der Waals surface area contributed by atoms with Gasteiger partial charge in [-0.3, -0.25) is 9.59 Å². The van der Waals surface area contributed by atoms with Gasteiger partial charge in [0.25, 0.3) is 0 Å². The highest BCUT2D eigenvalue weighted by atomic mass is 16.2. The highest BCUT2D eigenvalue weighted by Gasteiger charge is 2.35. The van der Waals surface area contributed by atoms with Crippen LogP contribution < -0.4 is 5.73 Å². The second kappa shape index (κ2) is 4.64. The zero-order chi connectivity index (χ0) is 12.5. The Morgan fingerprint density at radius 1 is 1.47 bits per heavy atom. The second-order valence-corrected chi connectivity index (χ2v) is 5.50. The van der Waals surface area contributed by atoms with E-state index in [9.17, 15) is 9.59 Å². The van der Waals surface area contributed by atoms with E-state index >= 15 is 0 Å². The summed E-state index contributed by atoms with van der Waals surface area (Å²) in [6, 6.07) is 0. The van der Waals surface area contributed by atoms with Gasteiger partial charge in [-0.1, -0.05) is 6.92 Å². The zero-order valence-corrected chi connectivity index (χ0v) is 10.4. The van der Waals surface area contributed by atoms with Crippen LogP contribution in [0.15, 0.2) is 0 Å². The van der Waals surface area contributed by atoms with Crippen LogP contribution in [0.3, 0.4) is 0 Å². The van der Waals surface area contributed by atoms with E-state index in [0.29, 0.717) is 13.0 Å². The lowest BCUT2D eigenvalue weighted by atomic mass is 9.90. The fraction of sp³-hybridized carbons (Fsp3) is 0.833. The van der Waals surface area contributed by atoms with Gasteiger partial charge in [0.15, 0.2) is 0 Å². The Bertz CT molecular complexity index is 332. The predicted octanol–water partition coefficient (Wildman–Crippen LogP) is -0.194. The minimum Gasteiger partial charge on any atom is -0.341 e. The molecule has 2 N–H and O–H groups in total. The summed E-state index contributed by atoms with van der Waals surface area (Å²) in [5.74, 6) is 0.177. The summed E-state index contributed by atoms with van der Waals surface area (Å²) in [6.45, 7) is 5.20. The lowest BCUT2D eigenvalue weighted by Gasteiger charge is -2.24. The van der Waals surface area contributed by atoms with Crippen LogP contribution >= 0.6 is 0 Å². The normalized spacial score (nSPS) is 29.2. The zero-order valence-electron chi connectivity index (χ0n) is 10.4. The lowest BCUT2D eigenvalue weighted by molar-refractivity contribution is -0.137. The minimum absolute atomic E-state index is 0.0602. The topological polar surface area (TPSA) is 66.6 Å². The van der Waals surface area contributed by atoms with Gasteiger partial charge in [0.05, 0.1) is 6.54 Å². The first-order valence-corrected chi connectivity index (χ1v) is 6.30. The molecule has 5 nitrogen and oxygen atoms in total. The first-order chi connectivity index (χ1) is 8.04. The van der Waals surface area contributed by atoms with Crippen LogP contribution in [0, 0.1) is 5.41 Å². The van der Waals surface area contributed by atoms with Crippen LogP contribution in [0.1, 0.15) is 26.2 Å². The third-order valence-electron chi connectivity index (χ3n) is 3.90. The monoisotopic (exact) mass is 239 g/mol. The molecule has 17 heavy (non-hydrogen) atoms. The molecule has 0 spiro atoms. The van der Waals surface area contributed by atoms with Crippen LogP contribution in [0.4, 0.5) is 0 Å². The SMILES string of the molecule is CC1(CN)CCN(C(=O)CN2CCCC2=O)C1. The third kappa shape index (κ3) is 2.60. The Morgan fingerprint density at radius 2 is 2.24 bits per heavy atom. The number of amides is 2. The van der Waals surface area contributed by atoms with Gasteiger partial charge in [-0.25, -0.2) is 0 Å². The molecule has 0 aliphatic carbocycles. The molecule has 96 valence electrons. The molecule has 0 aromatic rings. The van der Waals surface area contributed by atoms with E-state index in [1.165, 1.54) is 0 Å². The van der Waals surface area contributed by atoms with Gasteiger partial charge in [-0.05, 0) is 24.8 Å². The van der Waals surface area contributed by atoms with E-state index in [0.717, 1.165) is 32.5 Å². The van der Waals surface area contributed by atoms with Crippen LogP contribution in [-0.4, -0.2) is 54.3 Å². The maximum absolute atomic E-state index is 12.0. The van der Waals surface area contributed by atoms with Crippen molar-refractivity contribution in [3.63, 3.8) is 0 Å². The predicted molar refractivity (Wildman–Crippen MR) is 64.2 cm³/mol. The van der Waals surface area contributed by atoms with Crippen molar-refractivity contribution in [2.45, 2.75) is 26.2 Å². The maximum Gasteiger partial charge on any atom is 0.242 e. The summed E-state index contributed by atoms with van der Waals surface area (Å²) >= 11 is 0. The number of carbonyl (C=O) groups is 2. The molecule has 2 saturated heterocycles. The number of nitrogens with zero attached hydrogens (tertiary/aromatic N) is 2. The van der Waals surface area contributed by atoms with Gasteiger partial charge in [-0.15, -0.1) is 0 Å². The van der Waals surface area contributed by atoms with Crippen molar-refractivity contribution in [3.05, 3.63) is 0 Å². The first kappa shape index (κ1) is 12.4. The standard InChI is InChI=1S/C12H21N3O2/c1-12(8-13)4-6-15(9-12)11(17)7-14-5-2-3-10(14)16/h2-9,13H2,1H3. The van der Waals surface area contributed by atoms with Gasteiger partial charge in [-0.2, -0.15) is 0 Å². The molecule has 1 atom stereocenters. The van der Waals surface area contributed by atoms with Crippen molar-refractivity contribution in [1.29, 1.82) is 0 Å². The summed E-state index contributed by atoms with van der Waals surface area (Å²) in [6.07, 6.45) is 2.43. The fourth-order valence-corrected chi connectivity index (χ4v) is 2.54. The Balaban J connectivity index is 1.87. The number of hydrogen-bond donors (Lipinski definition) is 1. The molecule has 2 amide bonds. The van der Waals surface area contributed by atoms with E-state index in [-0.39, 0.29) is 23.8 Å². The second-order valence-electron chi connectivity index (χ2n) is 5.50. The smallest absolute Gasteiger partial charge is 0.242 e. The number of hydrogen-bond acceptors (Lipinski definition) is 3. The summed E-state index contributed by atoms with van der Waals surface area (Å²) < 4.78 is 0. The molecule has 2 aliphatic rings. The van der Waals surface area contributed by atoms with E-state index in [1.54, 1.807) is 4.90 Å². The lowest BCUT2D eigenvalue weighted by Crippen LogP contribution is -2.41. The van der Waals surface area contributed by atoms with Crippen molar-refractivity contribution >= 4 is 11.8 Å². The Hall–Kier alpha value is -1.10. The molecule has 0 aromatic heterocycles. The molecule has 2 aliphatic heterocycles. The quantitative estimate of drug-likeness (QED) is 0.742. The van der Waals surface area contributed by atoms with Crippen LogP contribution in [0.5, 0.6) is 0 Å². The summed E-state index contributed by atoms with van der Waals surface area (Å²) in [4.78, 5) is 27.0. The molecule has 1 unspecified atom stereocenters. The molecule has 2 fully saturated rings. The number of rotatable bonds is 3. The number of likely N-dealkylation sites (tertiary alicyclic amines) is 2. The van der Waals surface area contributed by atoms with E-state index < -0.39 is 0 Å². The molecule has 2 heterocycles. The molecule has 0 saturated carbocycles. The summed E-state index contributed by atoms with van der Waals surface area (Å²) in [5.41, 5.74) is 5.77. The highest BCUT2D eigenvalue weighted by molar-refractivity contribution is 5.86. The summed E-state index contributed by atoms with van der Waals surface area (Å²) in [5, 5.41) is 0. The maximum atomic E-state index is 12.0. The largest absolute Gasteiger partial charge is 0.341 e.